The van der Waals surface area contributed by atoms with Gasteiger partial charge in [0.05, 0.1) is 25.0 Å². The van der Waals surface area contributed by atoms with Crippen molar-refractivity contribution in [3.8, 4) is 0 Å². The van der Waals surface area contributed by atoms with Crippen LogP contribution in [0.4, 0.5) is 11.5 Å². The lowest BCUT2D eigenvalue weighted by Crippen LogP contribution is -2.11. The second-order valence-electron chi connectivity index (χ2n) is 3.97. The van der Waals surface area contributed by atoms with Crippen molar-refractivity contribution in [1.29, 1.82) is 0 Å². The molecule has 0 aromatic carbocycles. The Kier molecular flexibility index (Phi) is 4.97. The first-order valence-corrected chi connectivity index (χ1v) is 7.67. The second kappa shape index (κ2) is 6.71. The number of carbonyl (C=O) groups excluding carboxylic acids is 1. The SMILES string of the molecule is CCOC(=O)c1cc(N)cnc1NCc1cc(Br)cs1. The van der Waals surface area contributed by atoms with Gasteiger partial charge in [-0.15, -0.1) is 11.3 Å². The Morgan fingerprint density at radius 1 is 1.55 bits per heavy atom. The normalized spacial score (nSPS) is 10.3. The Hall–Kier alpha value is -1.60. The van der Waals surface area contributed by atoms with E-state index in [9.17, 15) is 4.79 Å². The fourth-order valence-corrected chi connectivity index (χ4v) is 2.99. The lowest BCUT2D eigenvalue weighted by molar-refractivity contribution is 0.0527. The van der Waals surface area contributed by atoms with Crippen molar-refractivity contribution in [1.82, 2.24) is 4.98 Å². The zero-order chi connectivity index (χ0) is 14.5. The van der Waals surface area contributed by atoms with Crippen LogP contribution in [0.5, 0.6) is 0 Å². The number of rotatable bonds is 5. The summed E-state index contributed by atoms with van der Waals surface area (Å²) in [5.41, 5.74) is 6.45. The average Bonchev–Trinajstić information content (AvgIpc) is 2.83. The smallest absolute Gasteiger partial charge is 0.341 e. The first-order chi connectivity index (χ1) is 9.60. The minimum Gasteiger partial charge on any atom is -0.462 e. The lowest BCUT2D eigenvalue weighted by atomic mass is 10.2. The minimum atomic E-state index is -0.429. The minimum absolute atomic E-state index is 0.310. The Labute approximate surface area is 129 Å². The number of carbonyl (C=O) groups is 1. The highest BCUT2D eigenvalue weighted by Crippen LogP contribution is 2.22. The van der Waals surface area contributed by atoms with E-state index in [-0.39, 0.29) is 0 Å². The van der Waals surface area contributed by atoms with Crippen molar-refractivity contribution >= 4 is 44.7 Å². The summed E-state index contributed by atoms with van der Waals surface area (Å²) in [5.74, 6) is 0.0457. The number of hydrogen-bond acceptors (Lipinski definition) is 6. The molecule has 2 aromatic rings. The van der Waals surface area contributed by atoms with Crippen molar-refractivity contribution in [2.45, 2.75) is 13.5 Å². The lowest BCUT2D eigenvalue weighted by Gasteiger charge is -2.10. The number of hydrogen-bond donors (Lipinski definition) is 2. The molecule has 0 aliphatic carbocycles. The Morgan fingerprint density at radius 2 is 2.35 bits per heavy atom. The monoisotopic (exact) mass is 355 g/mol. The molecular weight excluding hydrogens is 342 g/mol. The maximum Gasteiger partial charge on any atom is 0.341 e. The van der Waals surface area contributed by atoms with E-state index in [1.54, 1.807) is 24.3 Å². The van der Waals surface area contributed by atoms with Gasteiger partial charge >= 0.3 is 5.97 Å². The molecule has 2 rings (SSSR count). The van der Waals surface area contributed by atoms with Gasteiger partial charge in [0.2, 0.25) is 0 Å². The van der Waals surface area contributed by atoms with Crippen molar-refractivity contribution in [3.05, 3.63) is 38.6 Å². The number of halogens is 1. The third-order valence-corrected chi connectivity index (χ3v) is 4.15. The molecule has 0 spiro atoms. The van der Waals surface area contributed by atoms with Gasteiger partial charge in [0.25, 0.3) is 0 Å². The van der Waals surface area contributed by atoms with Gasteiger partial charge in [-0.3, -0.25) is 0 Å². The van der Waals surface area contributed by atoms with Crippen LogP contribution in [0.3, 0.4) is 0 Å². The van der Waals surface area contributed by atoms with Crippen molar-refractivity contribution in [2.75, 3.05) is 17.7 Å². The van der Waals surface area contributed by atoms with Crippen LogP contribution >= 0.6 is 27.3 Å². The summed E-state index contributed by atoms with van der Waals surface area (Å²) < 4.78 is 6.04. The Morgan fingerprint density at radius 3 is 3.00 bits per heavy atom. The van der Waals surface area contributed by atoms with E-state index in [0.29, 0.717) is 30.2 Å². The van der Waals surface area contributed by atoms with Crippen LogP contribution in [0.1, 0.15) is 22.2 Å². The molecule has 0 atom stereocenters. The summed E-state index contributed by atoms with van der Waals surface area (Å²) in [4.78, 5) is 17.2. The summed E-state index contributed by atoms with van der Waals surface area (Å²) in [7, 11) is 0. The van der Waals surface area contributed by atoms with Gasteiger partial charge < -0.3 is 15.8 Å². The summed E-state index contributed by atoms with van der Waals surface area (Å²) in [6.07, 6.45) is 1.51. The highest BCUT2D eigenvalue weighted by Gasteiger charge is 2.14. The van der Waals surface area contributed by atoms with Crippen LogP contribution in [0, 0.1) is 0 Å². The number of anilines is 2. The molecule has 3 N–H and O–H groups in total. The Balaban J connectivity index is 2.16. The molecule has 5 nitrogen and oxygen atoms in total. The maximum absolute atomic E-state index is 11.9. The number of nitrogens with zero attached hydrogens (tertiary/aromatic N) is 1. The van der Waals surface area contributed by atoms with Gasteiger partial charge in [-0.2, -0.15) is 0 Å². The van der Waals surface area contributed by atoms with E-state index in [4.69, 9.17) is 10.5 Å². The second-order valence-corrected chi connectivity index (χ2v) is 5.88. The molecule has 7 heteroatoms. The number of nitrogens with one attached hydrogen (secondary N) is 1. The number of aromatic nitrogens is 1. The zero-order valence-electron chi connectivity index (χ0n) is 10.9. The zero-order valence-corrected chi connectivity index (χ0v) is 13.3. The molecule has 0 saturated heterocycles. The van der Waals surface area contributed by atoms with E-state index < -0.39 is 5.97 Å². The number of pyridine rings is 1. The Bertz CT molecular complexity index is 615. The van der Waals surface area contributed by atoms with Crippen LogP contribution < -0.4 is 11.1 Å². The van der Waals surface area contributed by atoms with Gasteiger partial charge in [-0.1, -0.05) is 0 Å². The quantitative estimate of drug-likeness (QED) is 0.804. The van der Waals surface area contributed by atoms with Crippen molar-refractivity contribution in [2.24, 2.45) is 0 Å². The fraction of sp³-hybridized carbons (Fsp3) is 0.231. The molecule has 0 fully saturated rings. The third-order valence-electron chi connectivity index (χ3n) is 2.46. The number of ether oxygens (including phenoxy) is 1. The van der Waals surface area contributed by atoms with Gasteiger partial charge in [-0.25, -0.2) is 9.78 Å². The predicted molar refractivity (Wildman–Crippen MR) is 84.0 cm³/mol. The van der Waals surface area contributed by atoms with Crippen molar-refractivity contribution < 1.29 is 9.53 Å². The van der Waals surface area contributed by atoms with Crippen LogP contribution in [0.25, 0.3) is 0 Å². The summed E-state index contributed by atoms with van der Waals surface area (Å²) >= 11 is 5.02. The fourth-order valence-electron chi connectivity index (χ4n) is 1.60. The van der Waals surface area contributed by atoms with E-state index in [2.05, 4.69) is 26.2 Å². The molecule has 0 amide bonds. The summed E-state index contributed by atoms with van der Waals surface area (Å²) in [6.45, 7) is 2.65. The van der Waals surface area contributed by atoms with Crippen LogP contribution in [-0.4, -0.2) is 17.6 Å². The largest absolute Gasteiger partial charge is 0.462 e. The highest BCUT2D eigenvalue weighted by atomic mass is 79.9. The van der Waals surface area contributed by atoms with Crippen molar-refractivity contribution in [3.63, 3.8) is 0 Å². The number of nitrogen functional groups attached to an aromatic ring is 1. The molecule has 0 saturated carbocycles. The molecule has 0 bridgehead atoms. The van der Waals surface area contributed by atoms with Gasteiger partial charge in [-0.05, 0) is 35.0 Å². The molecule has 20 heavy (non-hydrogen) atoms. The molecule has 2 heterocycles. The molecule has 2 aromatic heterocycles. The number of thiophene rings is 1. The topological polar surface area (TPSA) is 77.2 Å². The summed E-state index contributed by atoms with van der Waals surface area (Å²) in [5, 5.41) is 5.13. The number of esters is 1. The first kappa shape index (κ1) is 14.8. The predicted octanol–water partition coefficient (Wildman–Crippen LogP) is 3.28. The van der Waals surface area contributed by atoms with Crippen LogP contribution in [0.2, 0.25) is 0 Å². The molecular formula is C13H14BrN3O2S. The van der Waals surface area contributed by atoms with E-state index in [0.717, 1.165) is 9.35 Å². The maximum atomic E-state index is 11.9. The molecule has 0 unspecified atom stereocenters. The first-order valence-electron chi connectivity index (χ1n) is 5.99. The number of nitrogens with two attached hydrogens (primary N) is 1. The van der Waals surface area contributed by atoms with Crippen LogP contribution in [-0.2, 0) is 11.3 Å². The van der Waals surface area contributed by atoms with Crippen LogP contribution in [0.15, 0.2) is 28.2 Å². The standard InChI is InChI=1S/C13H14BrN3O2S/c1-2-19-13(18)11-4-9(15)5-16-12(11)17-6-10-3-8(14)7-20-10/h3-5,7H,2,6,15H2,1H3,(H,16,17). The van der Waals surface area contributed by atoms with E-state index >= 15 is 0 Å². The van der Waals surface area contributed by atoms with Gasteiger partial charge in [0, 0.05) is 14.7 Å². The molecule has 0 radical (unpaired) electrons. The third kappa shape index (κ3) is 3.71. The molecule has 0 aliphatic rings. The van der Waals surface area contributed by atoms with E-state index in [1.807, 2.05) is 11.4 Å². The van der Waals surface area contributed by atoms with E-state index in [1.165, 1.54) is 6.20 Å². The van der Waals surface area contributed by atoms with Gasteiger partial charge in [0.1, 0.15) is 11.4 Å². The molecule has 0 aliphatic heterocycles. The van der Waals surface area contributed by atoms with Gasteiger partial charge in [0.15, 0.2) is 0 Å². The summed E-state index contributed by atoms with van der Waals surface area (Å²) in [6, 6.07) is 3.58. The highest BCUT2D eigenvalue weighted by molar-refractivity contribution is 9.10. The average molecular weight is 356 g/mol. The molecule has 106 valence electrons.